The van der Waals surface area contributed by atoms with Crippen molar-refractivity contribution in [3.63, 3.8) is 0 Å². The zero-order chi connectivity index (χ0) is 22.2. The Bertz CT molecular complexity index is 894. The first kappa shape index (κ1) is 26.0. The van der Waals surface area contributed by atoms with E-state index in [4.69, 9.17) is 0 Å². The van der Waals surface area contributed by atoms with Crippen LogP contribution in [0.2, 0.25) is 0 Å². The molecule has 1 aliphatic rings. The summed E-state index contributed by atoms with van der Waals surface area (Å²) in [4.78, 5) is 19.1. The van der Waals surface area contributed by atoms with Crippen LogP contribution in [0, 0.1) is 19.8 Å². The molecule has 7 heteroatoms. The van der Waals surface area contributed by atoms with Gasteiger partial charge in [0.25, 0.3) is 0 Å². The van der Waals surface area contributed by atoms with Gasteiger partial charge in [-0.25, -0.2) is 4.99 Å². The molecule has 1 atom stereocenters. The molecule has 3 N–H and O–H groups in total. The Kier molecular flexibility index (Phi) is 10.3. The monoisotopic (exact) mass is 550 g/mol. The number of phenolic OH excluding ortho intramolecular Hbond substituents is 1. The van der Waals surface area contributed by atoms with Gasteiger partial charge in [-0.1, -0.05) is 42.5 Å². The number of likely N-dealkylation sites (tertiary alicyclic amines) is 1. The molecule has 2 aromatic rings. The number of guanidine groups is 1. The van der Waals surface area contributed by atoms with Gasteiger partial charge in [-0.3, -0.25) is 4.79 Å². The zero-order valence-electron chi connectivity index (χ0n) is 19.2. The van der Waals surface area contributed by atoms with E-state index in [0.717, 1.165) is 48.7 Å². The lowest BCUT2D eigenvalue weighted by Crippen LogP contribution is -2.40. The van der Waals surface area contributed by atoms with Crippen molar-refractivity contribution < 1.29 is 9.90 Å². The quantitative estimate of drug-likeness (QED) is 0.266. The summed E-state index contributed by atoms with van der Waals surface area (Å²) < 4.78 is 0. The highest BCUT2D eigenvalue weighted by atomic mass is 127. The number of carbonyl (C=O) groups is 1. The fraction of sp³-hybridized carbons (Fsp3) is 0.440. The van der Waals surface area contributed by atoms with Crippen molar-refractivity contribution in [1.82, 2.24) is 15.5 Å². The van der Waals surface area contributed by atoms with Crippen LogP contribution in [0.1, 0.15) is 35.6 Å². The lowest BCUT2D eigenvalue weighted by atomic mass is 10.1. The molecule has 0 bridgehead atoms. The molecule has 1 heterocycles. The van der Waals surface area contributed by atoms with E-state index in [2.05, 4.69) is 27.8 Å². The van der Waals surface area contributed by atoms with E-state index in [9.17, 15) is 9.90 Å². The number of phenols is 1. The summed E-state index contributed by atoms with van der Waals surface area (Å²) in [7, 11) is 0. The van der Waals surface area contributed by atoms with Gasteiger partial charge in [-0.05, 0) is 49.4 Å². The van der Waals surface area contributed by atoms with Gasteiger partial charge < -0.3 is 20.6 Å². The molecule has 32 heavy (non-hydrogen) atoms. The molecule has 1 saturated heterocycles. The highest BCUT2D eigenvalue weighted by Crippen LogP contribution is 2.23. The number of hydrogen-bond acceptors (Lipinski definition) is 3. The van der Waals surface area contributed by atoms with Crippen LogP contribution in [0.15, 0.2) is 47.5 Å². The summed E-state index contributed by atoms with van der Waals surface area (Å²) >= 11 is 0. The van der Waals surface area contributed by atoms with Crippen LogP contribution in [-0.4, -0.2) is 48.1 Å². The minimum absolute atomic E-state index is 0. The van der Waals surface area contributed by atoms with Crippen LogP contribution in [0.25, 0.3) is 0 Å². The molecule has 0 aromatic heterocycles. The van der Waals surface area contributed by atoms with Gasteiger partial charge in [0.15, 0.2) is 5.96 Å². The summed E-state index contributed by atoms with van der Waals surface area (Å²) in [5.74, 6) is 1.62. The number of aliphatic imine (C=N–C) groups is 1. The van der Waals surface area contributed by atoms with Gasteiger partial charge in [0.1, 0.15) is 5.75 Å². The minimum Gasteiger partial charge on any atom is -0.507 e. The predicted molar refractivity (Wildman–Crippen MR) is 141 cm³/mol. The maximum absolute atomic E-state index is 12.4. The summed E-state index contributed by atoms with van der Waals surface area (Å²) in [5.41, 5.74) is 4.05. The van der Waals surface area contributed by atoms with Crippen LogP contribution in [0.3, 0.4) is 0 Å². The maximum Gasteiger partial charge on any atom is 0.223 e. The van der Waals surface area contributed by atoms with Crippen LogP contribution in [0.5, 0.6) is 5.75 Å². The number of aryl methyl sites for hydroxylation is 2. The number of amides is 1. The van der Waals surface area contributed by atoms with Gasteiger partial charge in [0.05, 0.1) is 6.54 Å². The Labute approximate surface area is 208 Å². The standard InChI is InChI=1S/C25H34N4O2.HI/c1-4-26-25(27-15-21-12-18(2)24(31)19(3)13-21)28-16-22-14-23(30)29(17-22)11-10-20-8-6-5-7-9-20;/h5-9,12-13,22,31H,4,10-11,14-17H2,1-3H3,(H2,26,27,28);1H. The first-order chi connectivity index (χ1) is 15.0. The van der Waals surface area contributed by atoms with Crippen molar-refractivity contribution in [2.45, 2.75) is 40.2 Å². The van der Waals surface area contributed by atoms with E-state index in [0.29, 0.717) is 25.3 Å². The number of aromatic hydroxyl groups is 1. The number of nitrogens with zero attached hydrogens (tertiary/aromatic N) is 2. The first-order valence-corrected chi connectivity index (χ1v) is 11.1. The molecule has 174 valence electrons. The molecule has 1 unspecified atom stereocenters. The summed E-state index contributed by atoms with van der Waals surface area (Å²) in [6.45, 7) is 9.42. The van der Waals surface area contributed by atoms with Crippen molar-refractivity contribution in [2.24, 2.45) is 10.9 Å². The van der Waals surface area contributed by atoms with E-state index in [1.807, 2.05) is 56.0 Å². The normalized spacial score (nSPS) is 16.1. The summed E-state index contributed by atoms with van der Waals surface area (Å²) in [6, 6.07) is 14.2. The van der Waals surface area contributed by atoms with Crippen molar-refractivity contribution in [3.05, 3.63) is 64.7 Å². The van der Waals surface area contributed by atoms with Crippen molar-refractivity contribution in [2.75, 3.05) is 26.2 Å². The molecule has 3 rings (SSSR count). The van der Waals surface area contributed by atoms with Crippen LogP contribution < -0.4 is 10.6 Å². The molecule has 0 aliphatic carbocycles. The summed E-state index contributed by atoms with van der Waals surface area (Å²) in [6.07, 6.45) is 1.47. The smallest absolute Gasteiger partial charge is 0.223 e. The molecule has 1 aliphatic heterocycles. The Morgan fingerprint density at radius 1 is 1.12 bits per heavy atom. The molecule has 0 saturated carbocycles. The van der Waals surface area contributed by atoms with E-state index in [-0.39, 0.29) is 35.8 Å². The van der Waals surface area contributed by atoms with E-state index < -0.39 is 0 Å². The molecule has 2 aromatic carbocycles. The molecule has 0 radical (unpaired) electrons. The Balaban J connectivity index is 0.00000363. The second-order valence-electron chi connectivity index (χ2n) is 8.30. The van der Waals surface area contributed by atoms with Crippen LogP contribution in [0.4, 0.5) is 0 Å². The average Bonchev–Trinajstić information content (AvgIpc) is 3.12. The molecule has 0 spiro atoms. The number of hydrogen-bond donors (Lipinski definition) is 3. The maximum atomic E-state index is 12.4. The SMILES string of the molecule is CCNC(=NCc1cc(C)c(O)c(C)c1)NCC1CC(=O)N(CCc2ccccc2)C1.I. The Hall–Kier alpha value is -2.29. The fourth-order valence-corrected chi connectivity index (χ4v) is 4.01. The first-order valence-electron chi connectivity index (χ1n) is 11.1. The molecule has 1 fully saturated rings. The second kappa shape index (κ2) is 12.7. The lowest BCUT2D eigenvalue weighted by Gasteiger charge is -2.18. The van der Waals surface area contributed by atoms with E-state index in [1.54, 1.807) is 0 Å². The van der Waals surface area contributed by atoms with Crippen LogP contribution >= 0.6 is 24.0 Å². The van der Waals surface area contributed by atoms with Crippen molar-refractivity contribution in [3.8, 4) is 5.75 Å². The van der Waals surface area contributed by atoms with Crippen molar-refractivity contribution in [1.29, 1.82) is 0 Å². The van der Waals surface area contributed by atoms with Gasteiger partial charge in [-0.2, -0.15) is 0 Å². The highest BCUT2D eigenvalue weighted by Gasteiger charge is 2.29. The third kappa shape index (κ3) is 7.39. The Morgan fingerprint density at radius 2 is 1.81 bits per heavy atom. The van der Waals surface area contributed by atoms with Crippen LogP contribution in [-0.2, 0) is 17.8 Å². The highest BCUT2D eigenvalue weighted by molar-refractivity contribution is 14.0. The average molecular weight is 550 g/mol. The number of nitrogens with one attached hydrogen (secondary N) is 2. The second-order valence-corrected chi connectivity index (χ2v) is 8.30. The summed E-state index contributed by atoms with van der Waals surface area (Å²) in [5, 5.41) is 16.6. The third-order valence-electron chi connectivity index (χ3n) is 5.68. The largest absolute Gasteiger partial charge is 0.507 e. The lowest BCUT2D eigenvalue weighted by molar-refractivity contribution is -0.127. The third-order valence-corrected chi connectivity index (χ3v) is 5.68. The minimum atomic E-state index is 0. The van der Waals surface area contributed by atoms with Gasteiger partial charge in [-0.15, -0.1) is 24.0 Å². The number of benzene rings is 2. The zero-order valence-corrected chi connectivity index (χ0v) is 21.6. The van der Waals surface area contributed by atoms with E-state index >= 15 is 0 Å². The number of rotatable bonds is 8. The van der Waals surface area contributed by atoms with Gasteiger partial charge in [0, 0.05) is 38.5 Å². The van der Waals surface area contributed by atoms with Crippen molar-refractivity contribution >= 4 is 35.8 Å². The topological polar surface area (TPSA) is 77.0 Å². The molecular weight excluding hydrogens is 515 g/mol. The number of carbonyl (C=O) groups excluding carboxylic acids is 1. The fourth-order valence-electron chi connectivity index (χ4n) is 4.01. The molecule has 6 nitrogen and oxygen atoms in total. The molecule has 1 amide bonds. The predicted octanol–water partition coefficient (Wildman–Crippen LogP) is 3.77. The Morgan fingerprint density at radius 3 is 2.47 bits per heavy atom. The number of halogens is 1. The van der Waals surface area contributed by atoms with Gasteiger partial charge in [0.2, 0.25) is 5.91 Å². The van der Waals surface area contributed by atoms with Gasteiger partial charge >= 0.3 is 0 Å². The molecular formula is C25H35IN4O2. The van der Waals surface area contributed by atoms with E-state index in [1.165, 1.54) is 5.56 Å².